The molecule has 23 heavy (non-hydrogen) atoms. The molecule has 0 aliphatic carbocycles. The van der Waals surface area contributed by atoms with Crippen molar-refractivity contribution in [2.45, 2.75) is 65.8 Å². The van der Waals surface area contributed by atoms with Crippen molar-refractivity contribution in [1.82, 2.24) is 0 Å². The van der Waals surface area contributed by atoms with Gasteiger partial charge in [0.1, 0.15) is 0 Å². The number of carbonyl (C=O) groups excluding carboxylic acids is 1. The predicted octanol–water partition coefficient (Wildman–Crippen LogP) is 3.81. The second-order valence-corrected chi connectivity index (χ2v) is 7.54. The first-order valence-electron chi connectivity index (χ1n) is 8.37. The van der Waals surface area contributed by atoms with Gasteiger partial charge >= 0.3 is 5.97 Å². The lowest BCUT2D eigenvalue weighted by atomic mass is 9.94. The van der Waals surface area contributed by atoms with Gasteiger partial charge in [0, 0.05) is 23.6 Å². The van der Waals surface area contributed by atoms with E-state index in [1.165, 1.54) is 11.1 Å². The number of rotatable bonds is 5. The van der Waals surface area contributed by atoms with Crippen molar-refractivity contribution in [3.63, 3.8) is 0 Å². The summed E-state index contributed by atoms with van der Waals surface area (Å²) in [7, 11) is 0. The molecule has 0 saturated heterocycles. The summed E-state index contributed by atoms with van der Waals surface area (Å²) < 4.78 is 0. The predicted molar refractivity (Wildman–Crippen MR) is 91.7 cm³/mol. The average molecular weight is 317 g/mol. The van der Waals surface area contributed by atoms with E-state index in [0.29, 0.717) is 6.42 Å². The topological polar surface area (TPSA) is 57.6 Å². The molecule has 0 saturated carbocycles. The zero-order valence-corrected chi connectivity index (χ0v) is 14.6. The summed E-state index contributed by atoms with van der Waals surface area (Å²) in [6.45, 7) is 7.96. The molecule has 1 amide bonds. The van der Waals surface area contributed by atoms with E-state index in [1.54, 1.807) is 0 Å². The minimum atomic E-state index is -0.732. The first kappa shape index (κ1) is 17.5. The SMILES string of the molecule is CC1Cc2cc(CCCCC(=O)O)ccc2N1C(=O)C(C)(C)C. The molecule has 0 spiro atoms. The molecule has 0 radical (unpaired) electrons. The quantitative estimate of drug-likeness (QED) is 0.840. The number of aliphatic carboxylic acids is 1. The molecule has 0 aromatic heterocycles. The first-order chi connectivity index (χ1) is 10.7. The Morgan fingerprint density at radius 2 is 1.96 bits per heavy atom. The van der Waals surface area contributed by atoms with Crippen LogP contribution < -0.4 is 4.90 Å². The summed E-state index contributed by atoms with van der Waals surface area (Å²) in [6, 6.07) is 6.50. The third kappa shape index (κ3) is 4.12. The highest BCUT2D eigenvalue weighted by atomic mass is 16.4. The van der Waals surface area contributed by atoms with E-state index in [4.69, 9.17) is 5.11 Å². The van der Waals surface area contributed by atoms with Crippen molar-refractivity contribution in [3.8, 4) is 0 Å². The largest absolute Gasteiger partial charge is 0.481 e. The van der Waals surface area contributed by atoms with Crippen LogP contribution in [-0.4, -0.2) is 23.0 Å². The van der Waals surface area contributed by atoms with Gasteiger partial charge in [-0.1, -0.05) is 32.9 Å². The van der Waals surface area contributed by atoms with E-state index < -0.39 is 5.97 Å². The molecule has 4 heteroatoms. The third-order valence-electron chi connectivity index (χ3n) is 4.33. The van der Waals surface area contributed by atoms with Crippen LogP contribution >= 0.6 is 0 Å². The van der Waals surface area contributed by atoms with Gasteiger partial charge in [-0.2, -0.15) is 0 Å². The van der Waals surface area contributed by atoms with Crippen LogP contribution in [0, 0.1) is 5.41 Å². The zero-order valence-electron chi connectivity index (χ0n) is 14.6. The fraction of sp³-hybridized carbons (Fsp3) is 0.579. The van der Waals surface area contributed by atoms with Gasteiger partial charge in [0.2, 0.25) is 5.91 Å². The normalized spacial score (nSPS) is 17.2. The van der Waals surface area contributed by atoms with Crippen LogP contribution in [0.15, 0.2) is 18.2 Å². The Morgan fingerprint density at radius 3 is 2.57 bits per heavy atom. The zero-order chi connectivity index (χ0) is 17.2. The molecule has 1 atom stereocenters. The molecule has 0 bridgehead atoms. The second kappa shape index (κ2) is 6.73. The van der Waals surface area contributed by atoms with Crippen LogP contribution in [-0.2, 0) is 22.4 Å². The van der Waals surface area contributed by atoms with Gasteiger partial charge in [-0.05, 0) is 49.8 Å². The Kier molecular flexibility index (Phi) is 5.12. The standard InChI is InChI=1S/C19H27NO3/c1-13-11-15-12-14(7-5-6-8-17(21)22)9-10-16(15)20(13)18(23)19(2,3)4/h9-10,12-13H,5-8,11H2,1-4H3,(H,21,22). The highest BCUT2D eigenvalue weighted by Crippen LogP contribution is 2.36. The maximum atomic E-state index is 12.7. The van der Waals surface area contributed by atoms with Gasteiger partial charge in [0.05, 0.1) is 0 Å². The second-order valence-electron chi connectivity index (χ2n) is 7.54. The Balaban J connectivity index is 2.09. The maximum Gasteiger partial charge on any atom is 0.303 e. The molecular weight excluding hydrogens is 290 g/mol. The van der Waals surface area contributed by atoms with Gasteiger partial charge in [0.15, 0.2) is 0 Å². The van der Waals surface area contributed by atoms with Crippen LogP contribution in [0.5, 0.6) is 0 Å². The number of fused-ring (bicyclic) bond motifs is 1. The number of hydrogen-bond acceptors (Lipinski definition) is 2. The number of unbranched alkanes of at least 4 members (excludes halogenated alkanes) is 1. The van der Waals surface area contributed by atoms with E-state index in [1.807, 2.05) is 25.7 Å². The number of amides is 1. The number of benzene rings is 1. The van der Waals surface area contributed by atoms with E-state index in [2.05, 4.69) is 25.1 Å². The van der Waals surface area contributed by atoms with Gasteiger partial charge in [-0.3, -0.25) is 9.59 Å². The number of hydrogen-bond donors (Lipinski definition) is 1. The molecule has 2 rings (SSSR count). The highest BCUT2D eigenvalue weighted by Gasteiger charge is 2.36. The lowest BCUT2D eigenvalue weighted by Crippen LogP contribution is -2.42. The molecule has 4 nitrogen and oxygen atoms in total. The Hall–Kier alpha value is -1.84. The molecule has 0 fully saturated rings. The van der Waals surface area contributed by atoms with Crippen LogP contribution in [0.4, 0.5) is 5.69 Å². The van der Waals surface area contributed by atoms with E-state index in [-0.39, 0.29) is 23.8 Å². The van der Waals surface area contributed by atoms with Gasteiger partial charge in [0.25, 0.3) is 0 Å². The fourth-order valence-corrected chi connectivity index (χ4v) is 3.12. The number of carboxylic acid groups (broad SMARTS) is 1. The molecule has 1 aliphatic heterocycles. The molecule has 1 unspecified atom stereocenters. The molecule has 126 valence electrons. The van der Waals surface area contributed by atoms with Crippen LogP contribution in [0.3, 0.4) is 0 Å². The lowest BCUT2D eigenvalue weighted by molar-refractivity contribution is -0.137. The van der Waals surface area contributed by atoms with E-state index in [0.717, 1.165) is 24.9 Å². The molecule has 1 N–H and O–H groups in total. The fourth-order valence-electron chi connectivity index (χ4n) is 3.12. The van der Waals surface area contributed by atoms with Crippen molar-refractivity contribution in [2.24, 2.45) is 5.41 Å². The maximum absolute atomic E-state index is 12.7. The Morgan fingerprint density at radius 1 is 1.26 bits per heavy atom. The summed E-state index contributed by atoms with van der Waals surface area (Å²) in [6.07, 6.45) is 3.60. The molecule has 1 aromatic rings. The Bertz CT molecular complexity index is 601. The number of aryl methyl sites for hydroxylation is 1. The monoisotopic (exact) mass is 317 g/mol. The smallest absolute Gasteiger partial charge is 0.303 e. The minimum absolute atomic E-state index is 0.165. The van der Waals surface area contributed by atoms with E-state index in [9.17, 15) is 9.59 Å². The Labute approximate surface area is 138 Å². The summed E-state index contributed by atoms with van der Waals surface area (Å²) >= 11 is 0. The molecule has 1 heterocycles. The summed E-state index contributed by atoms with van der Waals surface area (Å²) in [4.78, 5) is 25.1. The molecule has 1 aliphatic rings. The number of carboxylic acids is 1. The van der Waals surface area contributed by atoms with Crippen LogP contribution in [0.25, 0.3) is 0 Å². The first-order valence-corrected chi connectivity index (χ1v) is 8.37. The summed E-state index contributed by atoms with van der Waals surface area (Å²) in [5.74, 6) is -0.568. The number of anilines is 1. The van der Waals surface area contributed by atoms with Gasteiger partial charge in [-0.15, -0.1) is 0 Å². The summed E-state index contributed by atoms with van der Waals surface area (Å²) in [5.41, 5.74) is 3.11. The van der Waals surface area contributed by atoms with Crippen LogP contribution in [0.2, 0.25) is 0 Å². The molecular formula is C19H27NO3. The minimum Gasteiger partial charge on any atom is -0.481 e. The van der Waals surface area contributed by atoms with Crippen molar-refractivity contribution in [3.05, 3.63) is 29.3 Å². The van der Waals surface area contributed by atoms with Crippen molar-refractivity contribution in [2.75, 3.05) is 4.90 Å². The highest BCUT2D eigenvalue weighted by molar-refractivity contribution is 5.99. The summed E-state index contributed by atoms with van der Waals surface area (Å²) in [5, 5.41) is 8.68. The molecule has 1 aromatic carbocycles. The van der Waals surface area contributed by atoms with Gasteiger partial charge < -0.3 is 10.0 Å². The van der Waals surface area contributed by atoms with Crippen molar-refractivity contribution < 1.29 is 14.7 Å². The lowest BCUT2D eigenvalue weighted by Gasteiger charge is -2.29. The van der Waals surface area contributed by atoms with Crippen molar-refractivity contribution in [1.29, 1.82) is 0 Å². The number of carbonyl (C=O) groups is 2. The third-order valence-corrected chi connectivity index (χ3v) is 4.33. The van der Waals surface area contributed by atoms with Gasteiger partial charge in [-0.25, -0.2) is 0 Å². The average Bonchev–Trinajstić information content (AvgIpc) is 2.76. The van der Waals surface area contributed by atoms with E-state index >= 15 is 0 Å². The van der Waals surface area contributed by atoms with Crippen molar-refractivity contribution >= 4 is 17.6 Å². The number of nitrogens with zero attached hydrogens (tertiary/aromatic N) is 1. The van der Waals surface area contributed by atoms with Crippen LogP contribution in [0.1, 0.15) is 58.1 Å².